The minimum Gasteiger partial charge on any atom is -0.380 e. The molecule has 0 saturated carbocycles. The first-order chi connectivity index (χ1) is 13.5. The van der Waals surface area contributed by atoms with E-state index in [1.807, 2.05) is 24.3 Å². The molecule has 0 fully saturated rings. The van der Waals surface area contributed by atoms with Gasteiger partial charge in [0.1, 0.15) is 5.69 Å². The molecule has 1 aromatic heterocycles. The summed E-state index contributed by atoms with van der Waals surface area (Å²) in [6, 6.07) is 17.9. The molecule has 0 aliphatic carbocycles. The lowest BCUT2D eigenvalue weighted by Crippen LogP contribution is -2.14. The molecule has 0 saturated heterocycles. The monoisotopic (exact) mass is 394 g/mol. The van der Waals surface area contributed by atoms with Crippen molar-refractivity contribution in [1.29, 1.82) is 0 Å². The minimum absolute atomic E-state index is 0.149. The Morgan fingerprint density at radius 2 is 1.54 bits per heavy atom. The van der Waals surface area contributed by atoms with Crippen molar-refractivity contribution in [1.82, 2.24) is 4.98 Å². The van der Waals surface area contributed by atoms with Gasteiger partial charge in [0.2, 0.25) is 5.91 Å². The summed E-state index contributed by atoms with van der Waals surface area (Å²) in [5, 5.41) is 9.37. The van der Waals surface area contributed by atoms with E-state index in [1.165, 1.54) is 6.92 Å². The average molecular weight is 395 g/mol. The minimum atomic E-state index is -0.315. The molecule has 28 heavy (non-hydrogen) atoms. The Morgan fingerprint density at radius 3 is 2.14 bits per heavy atom. The van der Waals surface area contributed by atoms with E-state index in [-0.39, 0.29) is 11.8 Å². The lowest BCUT2D eigenvalue weighted by atomic mass is 10.2. The number of nitrogens with zero attached hydrogens (tertiary/aromatic N) is 1. The maximum atomic E-state index is 12.3. The molecule has 0 bridgehead atoms. The van der Waals surface area contributed by atoms with Gasteiger partial charge >= 0.3 is 0 Å². The lowest BCUT2D eigenvalue weighted by Gasteiger charge is -2.09. The molecule has 3 rings (SSSR count). The first-order valence-corrected chi connectivity index (χ1v) is 9.01. The molecule has 0 aliphatic rings. The van der Waals surface area contributed by atoms with Crippen LogP contribution in [0.15, 0.2) is 66.9 Å². The molecule has 0 spiro atoms. The third-order valence-electron chi connectivity index (χ3n) is 3.90. The number of anilines is 3. The van der Waals surface area contributed by atoms with Crippen LogP contribution in [0.4, 0.5) is 17.1 Å². The second-order valence-electron chi connectivity index (χ2n) is 6.09. The largest absolute Gasteiger partial charge is 0.380 e. The number of hydrogen-bond donors (Lipinski definition) is 3. The first-order valence-electron chi connectivity index (χ1n) is 8.63. The first kappa shape index (κ1) is 19.4. The molecule has 0 aliphatic heterocycles. The van der Waals surface area contributed by atoms with Crippen molar-refractivity contribution >= 4 is 40.5 Å². The van der Waals surface area contributed by atoms with Crippen LogP contribution in [-0.2, 0) is 11.3 Å². The van der Waals surface area contributed by atoms with Crippen LogP contribution in [0.5, 0.6) is 0 Å². The van der Waals surface area contributed by atoms with Crippen LogP contribution < -0.4 is 16.0 Å². The SMILES string of the molecule is CC(=O)Nc1ccc(NC(=O)c2ccc(NCc3ccccc3Cl)cn2)cc1. The van der Waals surface area contributed by atoms with Gasteiger partial charge in [-0.2, -0.15) is 0 Å². The number of amides is 2. The number of rotatable bonds is 6. The van der Waals surface area contributed by atoms with Gasteiger partial charge in [0.05, 0.1) is 11.9 Å². The fourth-order valence-corrected chi connectivity index (χ4v) is 2.71. The van der Waals surface area contributed by atoms with Gasteiger partial charge in [0, 0.05) is 29.9 Å². The molecular weight excluding hydrogens is 376 g/mol. The number of aromatic nitrogens is 1. The van der Waals surface area contributed by atoms with E-state index in [1.54, 1.807) is 42.6 Å². The molecule has 0 radical (unpaired) electrons. The van der Waals surface area contributed by atoms with Crippen molar-refractivity contribution in [2.24, 2.45) is 0 Å². The maximum absolute atomic E-state index is 12.3. The van der Waals surface area contributed by atoms with E-state index in [0.29, 0.717) is 28.6 Å². The number of carbonyl (C=O) groups excluding carboxylic acids is 2. The van der Waals surface area contributed by atoms with Crippen molar-refractivity contribution in [2.45, 2.75) is 13.5 Å². The van der Waals surface area contributed by atoms with E-state index in [2.05, 4.69) is 20.9 Å². The Balaban J connectivity index is 1.57. The Bertz CT molecular complexity index is 972. The molecule has 0 atom stereocenters. The molecular formula is C21H19ClN4O2. The highest BCUT2D eigenvalue weighted by molar-refractivity contribution is 6.31. The van der Waals surface area contributed by atoms with Gasteiger partial charge in [-0.15, -0.1) is 0 Å². The summed E-state index contributed by atoms with van der Waals surface area (Å²) >= 11 is 6.14. The molecule has 2 aromatic carbocycles. The second-order valence-corrected chi connectivity index (χ2v) is 6.50. The van der Waals surface area contributed by atoms with Crippen LogP contribution in [-0.4, -0.2) is 16.8 Å². The summed E-state index contributed by atoms with van der Waals surface area (Å²) in [4.78, 5) is 27.6. The zero-order chi connectivity index (χ0) is 19.9. The van der Waals surface area contributed by atoms with Gasteiger partial charge < -0.3 is 16.0 Å². The van der Waals surface area contributed by atoms with Crippen LogP contribution in [0.1, 0.15) is 23.0 Å². The summed E-state index contributed by atoms with van der Waals surface area (Å²) < 4.78 is 0. The standard InChI is InChI=1S/C21H19ClN4O2/c1-14(27)25-16-6-8-17(9-7-16)26-21(28)20-11-10-18(13-24-20)23-12-15-4-2-3-5-19(15)22/h2-11,13,23H,12H2,1H3,(H,25,27)(H,26,28). The van der Waals surface area contributed by atoms with Gasteiger partial charge in [0.25, 0.3) is 5.91 Å². The van der Waals surface area contributed by atoms with Crippen molar-refractivity contribution in [3.05, 3.63) is 83.1 Å². The zero-order valence-corrected chi connectivity index (χ0v) is 16.0. The van der Waals surface area contributed by atoms with Crippen molar-refractivity contribution in [2.75, 3.05) is 16.0 Å². The van der Waals surface area contributed by atoms with Crippen molar-refractivity contribution in [3.8, 4) is 0 Å². The van der Waals surface area contributed by atoms with Gasteiger partial charge in [-0.3, -0.25) is 9.59 Å². The van der Waals surface area contributed by atoms with Crippen LogP contribution in [0.2, 0.25) is 5.02 Å². The molecule has 1 heterocycles. The fourth-order valence-electron chi connectivity index (χ4n) is 2.51. The number of hydrogen-bond acceptors (Lipinski definition) is 4. The molecule has 7 heteroatoms. The average Bonchev–Trinajstić information content (AvgIpc) is 2.69. The van der Waals surface area contributed by atoms with E-state index >= 15 is 0 Å². The van der Waals surface area contributed by atoms with Gasteiger partial charge in [-0.1, -0.05) is 29.8 Å². The van der Waals surface area contributed by atoms with E-state index in [0.717, 1.165) is 11.3 Å². The summed E-state index contributed by atoms with van der Waals surface area (Å²) in [7, 11) is 0. The summed E-state index contributed by atoms with van der Waals surface area (Å²) in [5.74, 6) is -0.464. The number of nitrogens with one attached hydrogen (secondary N) is 3. The van der Waals surface area contributed by atoms with E-state index in [4.69, 9.17) is 11.6 Å². The number of carbonyl (C=O) groups is 2. The molecule has 142 valence electrons. The second kappa shape index (κ2) is 9.01. The fraction of sp³-hybridized carbons (Fsp3) is 0.0952. The summed E-state index contributed by atoms with van der Waals surface area (Å²) in [6.45, 7) is 2.00. The smallest absolute Gasteiger partial charge is 0.274 e. The molecule has 3 N–H and O–H groups in total. The van der Waals surface area contributed by atoms with Gasteiger partial charge in [-0.25, -0.2) is 4.98 Å². The topological polar surface area (TPSA) is 83.1 Å². The van der Waals surface area contributed by atoms with Crippen LogP contribution in [0.3, 0.4) is 0 Å². The highest BCUT2D eigenvalue weighted by atomic mass is 35.5. The Hall–Kier alpha value is -3.38. The van der Waals surface area contributed by atoms with E-state index in [9.17, 15) is 9.59 Å². The maximum Gasteiger partial charge on any atom is 0.274 e. The third-order valence-corrected chi connectivity index (χ3v) is 4.27. The van der Waals surface area contributed by atoms with Crippen molar-refractivity contribution in [3.63, 3.8) is 0 Å². The zero-order valence-electron chi connectivity index (χ0n) is 15.2. The Kier molecular flexibility index (Phi) is 6.24. The highest BCUT2D eigenvalue weighted by Crippen LogP contribution is 2.17. The normalized spacial score (nSPS) is 10.2. The van der Waals surface area contributed by atoms with Crippen LogP contribution in [0.25, 0.3) is 0 Å². The third kappa shape index (κ3) is 5.31. The number of pyridine rings is 1. The number of halogens is 1. The van der Waals surface area contributed by atoms with Gasteiger partial charge in [-0.05, 0) is 48.0 Å². The van der Waals surface area contributed by atoms with Crippen molar-refractivity contribution < 1.29 is 9.59 Å². The summed E-state index contributed by atoms with van der Waals surface area (Å²) in [5.41, 5.74) is 3.35. The van der Waals surface area contributed by atoms with Crippen LogP contribution >= 0.6 is 11.6 Å². The predicted octanol–water partition coefficient (Wildman–Crippen LogP) is 4.56. The highest BCUT2D eigenvalue weighted by Gasteiger charge is 2.08. The quantitative estimate of drug-likeness (QED) is 0.572. The summed E-state index contributed by atoms with van der Waals surface area (Å²) in [6.07, 6.45) is 1.60. The van der Waals surface area contributed by atoms with Gasteiger partial charge in [0.15, 0.2) is 0 Å². The molecule has 3 aromatic rings. The molecule has 6 nitrogen and oxygen atoms in total. The lowest BCUT2D eigenvalue weighted by molar-refractivity contribution is -0.114. The Labute approximate surface area is 168 Å². The predicted molar refractivity (Wildman–Crippen MR) is 112 cm³/mol. The van der Waals surface area contributed by atoms with E-state index < -0.39 is 0 Å². The van der Waals surface area contributed by atoms with Crippen LogP contribution in [0, 0.1) is 0 Å². The molecule has 0 unspecified atom stereocenters. The number of benzene rings is 2. The Morgan fingerprint density at radius 1 is 0.893 bits per heavy atom. The molecule has 2 amide bonds.